The van der Waals surface area contributed by atoms with Crippen molar-refractivity contribution in [2.75, 3.05) is 18.4 Å². The Morgan fingerprint density at radius 1 is 1.35 bits per heavy atom. The zero-order valence-electron chi connectivity index (χ0n) is 12.4. The van der Waals surface area contributed by atoms with Gasteiger partial charge in [0.05, 0.1) is 11.3 Å². The van der Waals surface area contributed by atoms with E-state index < -0.39 is 11.7 Å². The minimum atomic E-state index is -0.498. The van der Waals surface area contributed by atoms with Crippen LogP contribution >= 0.6 is 0 Å². The number of benzene rings is 1. The van der Waals surface area contributed by atoms with E-state index >= 15 is 0 Å². The zero-order valence-corrected chi connectivity index (χ0v) is 12.4. The SMILES string of the molecule is Cc1ccc(C#N)c(NCCNC(=O)OC(C)(C)C)c1. The summed E-state index contributed by atoms with van der Waals surface area (Å²) in [5.74, 6) is 0. The quantitative estimate of drug-likeness (QED) is 0.829. The molecule has 0 aliphatic rings. The Hall–Kier alpha value is -2.22. The molecule has 0 aliphatic carbocycles. The summed E-state index contributed by atoms with van der Waals surface area (Å²) in [7, 11) is 0. The number of ether oxygens (including phenoxy) is 1. The van der Waals surface area contributed by atoms with Crippen molar-refractivity contribution in [1.29, 1.82) is 5.26 Å². The van der Waals surface area contributed by atoms with Gasteiger partial charge in [-0.2, -0.15) is 5.26 Å². The minimum absolute atomic E-state index is 0.424. The molecular formula is C15H21N3O2. The molecule has 0 unspecified atom stereocenters. The third-order valence-electron chi connectivity index (χ3n) is 2.40. The van der Waals surface area contributed by atoms with Crippen LogP contribution in [0.2, 0.25) is 0 Å². The van der Waals surface area contributed by atoms with Gasteiger partial charge in [0.25, 0.3) is 0 Å². The normalized spacial score (nSPS) is 10.6. The highest BCUT2D eigenvalue weighted by molar-refractivity contribution is 5.67. The Balaban J connectivity index is 2.40. The first kappa shape index (κ1) is 15.8. The molecular weight excluding hydrogens is 254 g/mol. The van der Waals surface area contributed by atoms with E-state index in [0.29, 0.717) is 18.7 Å². The molecule has 0 heterocycles. The van der Waals surface area contributed by atoms with Gasteiger partial charge in [-0.1, -0.05) is 6.07 Å². The van der Waals surface area contributed by atoms with Crippen molar-refractivity contribution in [2.24, 2.45) is 0 Å². The van der Waals surface area contributed by atoms with Gasteiger partial charge in [0.15, 0.2) is 0 Å². The fraction of sp³-hybridized carbons (Fsp3) is 0.467. The number of nitrogens with zero attached hydrogens (tertiary/aromatic N) is 1. The van der Waals surface area contributed by atoms with Gasteiger partial charge in [0.2, 0.25) is 0 Å². The van der Waals surface area contributed by atoms with E-state index in [-0.39, 0.29) is 0 Å². The van der Waals surface area contributed by atoms with Crippen LogP contribution in [-0.4, -0.2) is 24.8 Å². The van der Waals surface area contributed by atoms with Gasteiger partial charge in [0, 0.05) is 13.1 Å². The van der Waals surface area contributed by atoms with E-state index in [1.165, 1.54) is 0 Å². The molecule has 5 heteroatoms. The highest BCUT2D eigenvalue weighted by Crippen LogP contribution is 2.16. The van der Waals surface area contributed by atoms with Crippen molar-refractivity contribution in [1.82, 2.24) is 5.32 Å². The summed E-state index contributed by atoms with van der Waals surface area (Å²) >= 11 is 0. The zero-order chi connectivity index (χ0) is 15.2. The first-order chi connectivity index (χ1) is 9.31. The third kappa shape index (κ3) is 5.61. The van der Waals surface area contributed by atoms with Crippen LogP contribution in [0, 0.1) is 18.3 Å². The van der Waals surface area contributed by atoms with Gasteiger partial charge < -0.3 is 15.4 Å². The summed E-state index contributed by atoms with van der Waals surface area (Å²) in [6.45, 7) is 8.36. The van der Waals surface area contributed by atoms with Gasteiger partial charge in [-0.3, -0.25) is 0 Å². The Kier molecular flexibility index (Phi) is 5.39. The lowest BCUT2D eigenvalue weighted by molar-refractivity contribution is 0.0530. The maximum absolute atomic E-state index is 11.4. The Bertz CT molecular complexity index is 513. The molecule has 20 heavy (non-hydrogen) atoms. The van der Waals surface area contributed by atoms with Crippen molar-refractivity contribution in [3.05, 3.63) is 29.3 Å². The molecule has 0 radical (unpaired) electrons. The van der Waals surface area contributed by atoms with Crippen LogP contribution in [0.4, 0.5) is 10.5 Å². The van der Waals surface area contributed by atoms with Crippen molar-refractivity contribution in [2.45, 2.75) is 33.3 Å². The predicted molar refractivity (Wildman–Crippen MR) is 78.6 cm³/mol. The van der Waals surface area contributed by atoms with Crippen LogP contribution in [-0.2, 0) is 4.74 Å². The number of nitrogens with one attached hydrogen (secondary N) is 2. The molecule has 0 aliphatic heterocycles. The average Bonchev–Trinajstić information content (AvgIpc) is 2.33. The van der Waals surface area contributed by atoms with E-state index in [1.54, 1.807) is 6.07 Å². The number of aryl methyl sites for hydroxylation is 1. The highest BCUT2D eigenvalue weighted by atomic mass is 16.6. The molecule has 1 aromatic rings. The molecule has 108 valence electrons. The van der Waals surface area contributed by atoms with Crippen molar-refractivity contribution >= 4 is 11.8 Å². The molecule has 0 bridgehead atoms. The number of hydrogen-bond acceptors (Lipinski definition) is 4. The van der Waals surface area contributed by atoms with Gasteiger partial charge in [-0.05, 0) is 45.4 Å². The average molecular weight is 275 g/mol. The third-order valence-corrected chi connectivity index (χ3v) is 2.40. The highest BCUT2D eigenvalue weighted by Gasteiger charge is 2.15. The lowest BCUT2D eigenvalue weighted by Crippen LogP contribution is -2.35. The van der Waals surface area contributed by atoms with Crippen molar-refractivity contribution in [3.63, 3.8) is 0 Å². The smallest absolute Gasteiger partial charge is 0.407 e. The number of amides is 1. The fourth-order valence-electron chi connectivity index (χ4n) is 1.58. The lowest BCUT2D eigenvalue weighted by atomic mass is 10.1. The lowest BCUT2D eigenvalue weighted by Gasteiger charge is -2.19. The summed E-state index contributed by atoms with van der Waals surface area (Å²) in [4.78, 5) is 11.4. The number of rotatable bonds is 4. The Morgan fingerprint density at radius 3 is 2.65 bits per heavy atom. The van der Waals surface area contributed by atoms with Crippen molar-refractivity contribution < 1.29 is 9.53 Å². The first-order valence-corrected chi connectivity index (χ1v) is 6.53. The van der Waals surface area contributed by atoms with Gasteiger partial charge in [-0.15, -0.1) is 0 Å². The molecule has 0 aromatic heterocycles. The molecule has 0 spiro atoms. The molecule has 0 saturated carbocycles. The van der Waals surface area contributed by atoms with Gasteiger partial charge in [0.1, 0.15) is 11.7 Å². The van der Waals surface area contributed by atoms with Crippen LogP contribution < -0.4 is 10.6 Å². The van der Waals surface area contributed by atoms with E-state index in [4.69, 9.17) is 10.00 Å². The maximum Gasteiger partial charge on any atom is 0.407 e. The Labute approximate surface area is 119 Å². The second-order valence-electron chi connectivity index (χ2n) is 5.52. The van der Waals surface area contributed by atoms with Crippen LogP contribution in [0.1, 0.15) is 31.9 Å². The fourth-order valence-corrected chi connectivity index (χ4v) is 1.58. The standard InChI is InChI=1S/C15H21N3O2/c1-11-5-6-12(10-16)13(9-11)17-7-8-18-14(19)20-15(2,3)4/h5-6,9,17H,7-8H2,1-4H3,(H,18,19). The van der Waals surface area contributed by atoms with Crippen LogP contribution in [0.3, 0.4) is 0 Å². The molecule has 0 fully saturated rings. The second-order valence-corrected chi connectivity index (χ2v) is 5.52. The maximum atomic E-state index is 11.4. The van der Waals surface area contributed by atoms with Crippen LogP contribution in [0.15, 0.2) is 18.2 Å². The molecule has 0 saturated heterocycles. The number of anilines is 1. The molecule has 1 aromatic carbocycles. The predicted octanol–water partition coefficient (Wildman–Crippen LogP) is 2.80. The molecule has 5 nitrogen and oxygen atoms in total. The number of nitriles is 1. The van der Waals surface area contributed by atoms with E-state index in [9.17, 15) is 4.79 Å². The summed E-state index contributed by atoms with van der Waals surface area (Å²) in [5, 5.41) is 14.8. The van der Waals surface area contributed by atoms with Gasteiger partial charge >= 0.3 is 6.09 Å². The number of alkyl carbamates (subject to hydrolysis) is 1. The Morgan fingerprint density at radius 2 is 2.05 bits per heavy atom. The molecule has 1 amide bonds. The van der Waals surface area contributed by atoms with E-state index in [1.807, 2.05) is 39.8 Å². The number of carbonyl (C=O) groups excluding carboxylic acids is 1. The van der Waals surface area contributed by atoms with Crippen LogP contribution in [0.5, 0.6) is 0 Å². The van der Waals surface area contributed by atoms with Crippen molar-refractivity contribution in [3.8, 4) is 6.07 Å². The first-order valence-electron chi connectivity index (χ1n) is 6.53. The summed E-state index contributed by atoms with van der Waals surface area (Å²) in [5.41, 5.74) is 1.94. The topological polar surface area (TPSA) is 74.2 Å². The minimum Gasteiger partial charge on any atom is -0.444 e. The van der Waals surface area contributed by atoms with E-state index in [2.05, 4.69) is 16.7 Å². The number of hydrogen-bond donors (Lipinski definition) is 2. The molecule has 0 atom stereocenters. The largest absolute Gasteiger partial charge is 0.444 e. The molecule has 2 N–H and O–H groups in total. The number of carbonyl (C=O) groups is 1. The summed E-state index contributed by atoms with van der Waals surface area (Å²) in [6, 6.07) is 7.71. The van der Waals surface area contributed by atoms with Gasteiger partial charge in [-0.25, -0.2) is 4.79 Å². The van der Waals surface area contributed by atoms with E-state index in [0.717, 1.165) is 11.3 Å². The molecule has 1 rings (SSSR count). The second kappa shape index (κ2) is 6.80. The summed E-state index contributed by atoms with van der Waals surface area (Å²) in [6.07, 6.45) is -0.441. The monoisotopic (exact) mass is 275 g/mol. The summed E-state index contributed by atoms with van der Waals surface area (Å²) < 4.78 is 5.12. The van der Waals surface area contributed by atoms with Crippen LogP contribution in [0.25, 0.3) is 0 Å².